The van der Waals surface area contributed by atoms with Crippen molar-refractivity contribution in [3.05, 3.63) is 24.3 Å². The van der Waals surface area contributed by atoms with Crippen LogP contribution >= 0.6 is 0 Å². The predicted molar refractivity (Wildman–Crippen MR) is 75.2 cm³/mol. The molecule has 19 heavy (non-hydrogen) atoms. The molecule has 0 aliphatic rings. The summed E-state index contributed by atoms with van der Waals surface area (Å²) in [7, 11) is 1.63. The predicted octanol–water partition coefficient (Wildman–Crippen LogP) is 1.44. The number of carbonyl (C=O) groups is 1. The first-order chi connectivity index (χ1) is 9.22. The van der Waals surface area contributed by atoms with Crippen LogP contribution in [0.3, 0.4) is 0 Å². The third-order valence-corrected chi connectivity index (χ3v) is 2.33. The minimum absolute atomic E-state index is 0.248. The Bertz CT molecular complexity index is 385. The van der Waals surface area contributed by atoms with Crippen LogP contribution in [0.25, 0.3) is 0 Å². The maximum atomic E-state index is 11.5. The van der Waals surface area contributed by atoms with E-state index in [4.69, 9.17) is 15.2 Å². The van der Waals surface area contributed by atoms with E-state index in [1.807, 2.05) is 0 Å². The average Bonchev–Trinajstić information content (AvgIpc) is 2.37. The monoisotopic (exact) mass is 267 g/mol. The number of nitrogens with two attached hydrogens (primary N) is 1. The lowest BCUT2D eigenvalue weighted by Gasteiger charge is -2.08. The Balaban J connectivity index is 2.08. The number of nitrogen functional groups attached to an aromatic ring is 1. The van der Waals surface area contributed by atoms with Crippen molar-refractivity contribution < 1.29 is 14.3 Å². The normalized spacial score (nSPS) is 10.2. The molecular weight excluding hydrogens is 246 g/mol. The molecule has 0 bridgehead atoms. The van der Waals surface area contributed by atoms with Gasteiger partial charge in [-0.15, -0.1) is 0 Å². The van der Waals surface area contributed by atoms with E-state index in [0.29, 0.717) is 37.7 Å². The third-order valence-electron chi connectivity index (χ3n) is 2.33. The Morgan fingerprint density at radius 3 is 2.89 bits per heavy atom. The molecule has 6 nitrogen and oxygen atoms in total. The second kappa shape index (κ2) is 9.18. The molecule has 0 atom stereocenters. The third kappa shape index (κ3) is 7.28. The van der Waals surface area contributed by atoms with Gasteiger partial charge in [0.2, 0.25) is 0 Å². The van der Waals surface area contributed by atoms with Gasteiger partial charge in [-0.05, 0) is 24.6 Å². The largest absolute Gasteiger partial charge is 0.399 e. The van der Waals surface area contributed by atoms with E-state index in [0.717, 1.165) is 6.42 Å². The number of carbonyl (C=O) groups excluding carboxylic acids is 1. The molecule has 4 N–H and O–H groups in total. The van der Waals surface area contributed by atoms with Gasteiger partial charge in [-0.2, -0.15) is 0 Å². The standard InChI is InChI=1S/C13H21N3O3/c1-18-8-9-19-7-3-6-15-13(17)16-12-5-2-4-11(14)10-12/h2,4-5,10H,3,6-9,14H2,1H3,(H2,15,16,17). The molecule has 0 spiro atoms. The van der Waals surface area contributed by atoms with Gasteiger partial charge in [0, 0.05) is 31.6 Å². The number of rotatable bonds is 8. The first-order valence-corrected chi connectivity index (χ1v) is 6.19. The summed E-state index contributed by atoms with van der Waals surface area (Å²) in [5.74, 6) is 0. The van der Waals surface area contributed by atoms with Gasteiger partial charge in [0.1, 0.15) is 0 Å². The summed E-state index contributed by atoms with van der Waals surface area (Å²) in [5.41, 5.74) is 6.91. The Kier molecular flexibility index (Phi) is 7.38. The molecule has 0 radical (unpaired) electrons. The van der Waals surface area contributed by atoms with Gasteiger partial charge >= 0.3 is 6.03 Å². The first-order valence-electron chi connectivity index (χ1n) is 6.19. The van der Waals surface area contributed by atoms with Gasteiger partial charge in [-0.3, -0.25) is 0 Å². The summed E-state index contributed by atoms with van der Waals surface area (Å²) in [6, 6.07) is 6.79. The van der Waals surface area contributed by atoms with Crippen LogP contribution in [-0.2, 0) is 9.47 Å². The lowest BCUT2D eigenvalue weighted by molar-refractivity contribution is 0.0697. The fraction of sp³-hybridized carbons (Fsp3) is 0.462. The Morgan fingerprint density at radius 1 is 1.32 bits per heavy atom. The number of anilines is 2. The van der Waals surface area contributed by atoms with Crippen LogP contribution in [0.2, 0.25) is 0 Å². The molecule has 0 aromatic heterocycles. The van der Waals surface area contributed by atoms with Crippen molar-refractivity contribution in [1.82, 2.24) is 5.32 Å². The molecule has 0 saturated carbocycles. The number of hydrogen-bond acceptors (Lipinski definition) is 4. The summed E-state index contributed by atoms with van der Waals surface area (Å²) in [6.45, 7) is 2.32. The summed E-state index contributed by atoms with van der Waals surface area (Å²) < 4.78 is 10.1. The zero-order chi connectivity index (χ0) is 13.9. The molecule has 106 valence electrons. The summed E-state index contributed by atoms with van der Waals surface area (Å²) in [6.07, 6.45) is 0.758. The van der Waals surface area contributed by atoms with Crippen LogP contribution in [0.4, 0.5) is 16.2 Å². The van der Waals surface area contributed by atoms with Gasteiger partial charge in [-0.1, -0.05) is 6.07 Å². The van der Waals surface area contributed by atoms with Gasteiger partial charge in [0.25, 0.3) is 0 Å². The summed E-state index contributed by atoms with van der Waals surface area (Å²) in [4.78, 5) is 11.5. The van der Waals surface area contributed by atoms with E-state index >= 15 is 0 Å². The van der Waals surface area contributed by atoms with Gasteiger partial charge in [0.15, 0.2) is 0 Å². The van der Waals surface area contributed by atoms with E-state index < -0.39 is 0 Å². The van der Waals surface area contributed by atoms with Crippen molar-refractivity contribution in [1.29, 1.82) is 0 Å². The molecule has 6 heteroatoms. The van der Waals surface area contributed by atoms with E-state index in [-0.39, 0.29) is 6.03 Å². The molecule has 1 aromatic carbocycles. The molecule has 0 heterocycles. The molecule has 0 unspecified atom stereocenters. The maximum absolute atomic E-state index is 11.5. The molecule has 0 saturated heterocycles. The van der Waals surface area contributed by atoms with Gasteiger partial charge in [-0.25, -0.2) is 4.79 Å². The number of ether oxygens (including phenoxy) is 2. The molecule has 1 aromatic rings. The van der Waals surface area contributed by atoms with E-state index in [9.17, 15) is 4.79 Å². The number of nitrogens with one attached hydrogen (secondary N) is 2. The van der Waals surface area contributed by atoms with Crippen LogP contribution in [-0.4, -0.2) is 39.5 Å². The van der Waals surface area contributed by atoms with Crippen LogP contribution < -0.4 is 16.4 Å². The maximum Gasteiger partial charge on any atom is 0.319 e. The highest BCUT2D eigenvalue weighted by molar-refractivity contribution is 5.89. The fourth-order valence-corrected chi connectivity index (χ4v) is 1.41. The van der Waals surface area contributed by atoms with Crippen molar-refractivity contribution in [2.24, 2.45) is 0 Å². The number of hydrogen-bond donors (Lipinski definition) is 3. The molecule has 0 aliphatic carbocycles. The van der Waals surface area contributed by atoms with Crippen LogP contribution in [0.1, 0.15) is 6.42 Å². The fourth-order valence-electron chi connectivity index (χ4n) is 1.41. The number of amides is 2. The van der Waals surface area contributed by atoms with Crippen molar-refractivity contribution in [2.75, 3.05) is 44.5 Å². The molecular formula is C13H21N3O3. The quantitative estimate of drug-likeness (QED) is 0.491. The number of urea groups is 1. The second-order valence-electron chi connectivity index (χ2n) is 3.97. The number of methoxy groups -OCH3 is 1. The van der Waals surface area contributed by atoms with Crippen molar-refractivity contribution >= 4 is 17.4 Å². The Morgan fingerprint density at radius 2 is 2.16 bits per heavy atom. The average molecular weight is 267 g/mol. The van der Waals surface area contributed by atoms with E-state index in [1.165, 1.54) is 0 Å². The highest BCUT2D eigenvalue weighted by atomic mass is 16.5. The minimum atomic E-state index is -0.248. The molecule has 0 aliphatic heterocycles. The van der Waals surface area contributed by atoms with Gasteiger partial charge in [0.05, 0.1) is 13.2 Å². The highest BCUT2D eigenvalue weighted by Gasteiger charge is 2.00. The van der Waals surface area contributed by atoms with Crippen LogP contribution in [0, 0.1) is 0 Å². The van der Waals surface area contributed by atoms with E-state index in [1.54, 1.807) is 31.4 Å². The SMILES string of the molecule is COCCOCCCNC(=O)Nc1cccc(N)c1. The minimum Gasteiger partial charge on any atom is -0.399 e. The van der Waals surface area contributed by atoms with E-state index in [2.05, 4.69) is 10.6 Å². The lowest BCUT2D eigenvalue weighted by atomic mass is 10.3. The topological polar surface area (TPSA) is 85.6 Å². The molecule has 1 rings (SSSR count). The zero-order valence-corrected chi connectivity index (χ0v) is 11.1. The van der Waals surface area contributed by atoms with Gasteiger partial charge < -0.3 is 25.8 Å². The highest BCUT2D eigenvalue weighted by Crippen LogP contribution is 2.11. The number of benzene rings is 1. The second-order valence-corrected chi connectivity index (χ2v) is 3.97. The first kappa shape index (κ1) is 15.3. The van der Waals surface area contributed by atoms with Crippen molar-refractivity contribution in [3.8, 4) is 0 Å². The smallest absolute Gasteiger partial charge is 0.319 e. The van der Waals surface area contributed by atoms with Crippen molar-refractivity contribution in [2.45, 2.75) is 6.42 Å². The zero-order valence-electron chi connectivity index (χ0n) is 11.1. The molecule has 0 fully saturated rings. The van der Waals surface area contributed by atoms with Crippen molar-refractivity contribution in [3.63, 3.8) is 0 Å². The lowest BCUT2D eigenvalue weighted by Crippen LogP contribution is -2.30. The molecule has 2 amide bonds. The summed E-state index contributed by atoms with van der Waals surface area (Å²) in [5, 5.41) is 5.44. The Labute approximate surface area is 113 Å². The Hall–Kier alpha value is -1.79. The summed E-state index contributed by atoms with van der Waals surface area (Å²) >= 11 is 0. The van der Waals surface area contributed by atoms with Crippen LogP contribution in [0.15, 0.2) is 24.3 Å². The van der Waals surface area contributed by atoms with Crippen LogP contribution in [0.5, 0.6) is 0 Å².